The summed E-state index contributed by atoms with van der Waals surface area (Å²) >= 11 is 0. The van der Waals surface area contributed by atoms with Crippen LogP contribution in [0.4, 0.5) is 0 Å². The summed E-state index contributed by atoms with van der Waals surface area (Å²) < 4.78 is 0. The number of imidazole rings is 1. The molecule has 1 unspecified atom stereocenters. The minimum atomic E-state index is -1.83. The Bertz CT molecular complexity index is 2380. The molecule has 1 aromatic carbocycles. The number of nitrogens with zero attached hydrogens (tertiary/aromatic N) is 4. The van der Waals surface area contributed by atoms with Crippen molar-refractivity contribution >= 4 is 65.1 Å². The second-order valence-electron chi connectivity index (χ2n) is 19.5. The summed E-state index contributed by atoms with van der Waals surface area (Å²) in [5.74, 6) is -9.43. The number of aliphatic hydroxyl groups excluding tert-OH is 2. The molecule has 79 heavy (non-hydrogen) atoms. The molecule has 10 atom stereocenters. The van der Waals surface area contributed by atoms with E-state index in [1.54, 1.807) is 32.0 Å². The number of H-pyrrole nitrogens is 1. The van der Waals surface area contributed by atoms with Gasteiger partial charge in [-0.05, 0) is 70.8 Å². The van der Waals surface area contributed by atoms with Gasteiger partial charge in [0.05, 0.1) is 37.7 Å². The molecule has 29 heteroatoms. The fraction of sp³-hybridized carbons (Fsp3) is 0.600. The van der Waals surface area contributed by atoms with Gasteiger partial charge in [-0.3, -0.25) is 52.9 Å². The molecule has 2 aromatic rings. The Morgan fingerprint density at radius 3 is 1.96 bits per heavy atom. The number of aryl methyl sites for hydroxylation is 1. The van der Waals surface area contributed by atoms with Gasteiger partial charge < -0.3 is 90.3 Å². The van der Waals surface area contributed by atoms with Crippen LogP contribution in [-0.4, -0.2) is 200 Å². The Hall–Kier alpha value is -7.76. The highest BCUT2D eigenvalue weighted by Gasteiger charge is 2.40. The van der Waals surface area contributed by atoms with Gasteiger partial charge in [0.25, 0.3) is 0 Å². The molecule has 1 saturated carbocycles. The van der Waals surface area contributed by atoms with Crippen molar-refractivity contribution in [2.75, 3.05) is 39.3 Å². The number of carbonyl (C=O) groups is 10. The molecule has 0 radical (unpaired) electrons. The molecule has 0 spiro atoms. The fourth-order valence-electron chi connectivity index (χ4n) is 7.97. The number of nitrogens with two attached hydrogens (primary N) is 4. The molecular formula is C50H80N16O13. The Morgan fingerprint density at radius 2 is 1.39 bits per heavy atom. The van der Waals surface area contributed by atoms with Gasteiger partial charge in [-0.2, -0.15) is 0 Å². The zero-order chi connectivity index (χ0) is 58.9. The van der Waals surface area contributed by atoms with Crippen molar-refractivity contribution in [3.05, 3.63) is 54.1 Å². The smallest absolute Gasteiger partial charge is 0.323 e. The molecule has 9 amide bonds. The normalized spacial score (nSPS) is 15.8. The molecule has 0 saturated heterocycles. The van der Waals surface area contributed by atoms with E-state index in [9.17, 15) is 63.3 Å². The van der Waals surface area contributed by atoms with Gasteiger partial charge in [0.1, 0.15) is 42.8 Å². The zero-order valence-electron chi connectivity index (χ0n) is 45.3. The SMILES string of the molecule is CCC(C)[C@H](NC(=O)CN(CCN)C(=O)CNC(=O)[C@@H](NC(=O)[C@@H](NC(=O)[C@H](Cc1cnc[nH]1)NC(=O)[C@H](CCc1ccccc1)NC(=O)[C@H](C)NC(=O)[C@@H](N)CCCN=C(N)N)[C@@H](C)O)[C@@H](C)O)C(=O)N(CC(=O)O)C1CC1. The molecular weight excluding hydrogens is 1030 g/mol. The number of aliphatic imine (C=N–C) groups is 1. The number of aliphatic carboxylic acids is 1. The van der Waals surface area contributed by atoms with Crippen LogP contribution in [0.3, 0.4) is 0 Å². The molecule has 1 heterocycles. The lowest BCUT2D eigenvalue weighted by Crippen LogP contribution is -2.62. The quantitative estimate of drug-likeness (QED) is 0.0174. The standard InChI is InChI=1S/C50H80N16O13/c1-6-27(2)40(49(79)66(25-39(71)72)33-15-16-33)62-37(69)24-65(20-18-51)38(70)23-57-47(77)41(29(4)67)64-48(78)42(30(5)68)63-46(76)36(21-32-22-55-26-58-32)61-45(75)35(17-14-31-11-8-7-9-12-31)60-43(73)28(3)59-44(74)34(52)13-10-19-56-50(53)54/h7-9,11-12,22,26-30,33-36,40-42,67-68H,6,10,13-21,23-25,51-52H2,1-5H3,(H,55,58)(H,57,77)(H,59,74)(H,60,73)(H,61,75)(H,62,69)(H,63,76)(H,64,78)(H,71,72)(H4,53,54,56)/t27?,28-,29+,30+,34-,35-,36-,40-,41-,42-/m0/s1. The Balaban J connectivity index is 1.75. The largest absolute Gasteiger partial charge is 0.480 e. The number of hydrogen-bond acceptors (Lipinski definition) is 16. The zero-order valence-corrected chi connectivity index (χ0v) is 45.3. The molecule has 3 rings (SSSR count). The average molecular weight is 1110 g/mol. The summed E-state index contributed by atoms with van der Waals surface area (Å²) in [6.07, 6.45) is 1.69. The monoisotopic (exact) mass is 1110 g/mol. The number of carbonyl (C=O) groups excluding carboxylic acids is 9. The second-order valence-corrected chi connectivity index (χ2v) is 19.5. The van der Waals surface area contributed by atoms with E-state index < -0.39 is 139 Å². The van der Waals surface area contributed by atoms with Crippen molar-refractivity contribution < 1.29 is 63.3 Å². The topological polar surface area (TPSA) is 467 Å². The first-order chi connectivity index (χ1) is 37.4. The van der Waals surface area contributed by atoms with Gasteiger partial charge >= 0.3 is 5.97 Å². The molecule has 1 aliphatic rings. The number of aromatic amines is 1. The number of guanidine groups is 1. The van der Waals surface area contributed by atoms with Gasteiger partial charge in [-0.1, -0.05) is 50.6 Å². The Labute approximate surface area is 457 Å². The van der Waals surface area contributed by atoms with Gasteiger partial charge in [0.2, 0.25) is 53.2 Å². The minimum absolute atomic E-state index is 0.0102. The van der Waals surface area contributed by atoms with Crippen molar-refractivity contribution in [1.82, 2.24) is 57.0 Å². The third-order valence-corrected chi connectivity index (χ3v) is 12.9. The second kappa shape index (κ2) is 32.9. The van der Waals surface area contributed by atoms with Crippen LogP contribution in [0, 0.1) is 5.92 Å². The number of benzene rings is 1. The third-order valence-electron chi connectivity index (χ3n) is 12.9. The Morgan fingerprint density at radius 1 is 0.772 bits per heavy atom. The minimum Gasteiger partial charge on any atom is -0.480 e. The molecule has 1 aliphatic carbocycles. The van der Waals surface area contributed by atoms with E-state index in [-0.39, 0.29) is 57.3 Å². The van der Waals surface area contributed by atoms with Crippen LogP contribution in [0.1, 0.15) is 84.4 Å². The Kier molecular flexibility index (Phi) is 27.2. The summed E-state index contributed by atoms with van der Waals surface area (Å²) in [4.78, 5) is 147. The number of amides is 9. The molecule has 29 nitrogen and oxygen atoms in total. The highest BCUT2D eigenvalue weighted by Crippen LogP contribution is 2.28. The predicted octanol–water partition coefficient (Wildman–Crippen LogP) is -5.32. The summed E-state index contributed by atoms with van der Waals surface area (Å²) in [6.45, 7) is 5.21. The van der Waals surface area contributed by atoms with Crippen LogP contribution >= 0.6 is 0 Å². The fourth-order valence-corrected chi connectivity index (χ4v) is 7.97. The van der Waals surface area contributed by atoms with Gasteiger partial charge in [0, 0.05) is 44.0 Å². The van der Waals surface area contributed by atoms with Crippen molar-refractivity contribution in [2.24, 2.45) is 33.8 Å². The lowest BCUT2D eigenvalue weighted by atomic mass is 9.97. The molecule has 0 bridgehead atoms. The number of aliphatic hydroxyl groups is 2. The molecule has 19 N–H and O–H groups in total. The summed E-state index contributed by atoms with van der Waals surface area (Å²) in [6, 6.07) is -1.02. The van der Waals surface area contributed by atoms with E-state index in [4.69, 9.17) is 22.9 Å². The number of aromatic nitrogens is 2. The summed E-state index contributed by atoms with van der Waals surface area (Å²) in [5, 5.41) is 48.3. The summed E-state index contributed by atoms with van der Waals surface area (Å²) in [7, 11) is 0. The maximum atomic E-state index is 14.2. The number of carboxylic acid groups (broad SMARTS) is 1. The number of nitrogens with one attached hydrogen (secondary N) is 8. The van der Waals surface area contributed by atoms with E-state index in [2.05, 4.69) is 52.2 Å². The molecule has 1 aromatic heterocycles. The lowest BCUT2D eigenvalue weighted by molar-refractivity contribution is -0.147. The van der Waals surface area contributed by atoms with E-state index in [1.165, 1.54) is 24.3 Å². The first-order valence-electron chi connectivity index (χ1n) is 26.1. The van der Waals surface area contributed by atoms with Crippen LogP contribution in [0.25, 0.3) is 0 Å². The van der Waals surface area contributed by atoms with Gasteiger partial charge in [0.15, 0.2) is 5.96 Å². The van der Waals surface area contributed by atoms with E-state index in [1.807, 2.05) is 12.1 Å². The van der Waals surface area contributed by atoms with Crippen LogP contribution in [0.2, 0.25) is 0 Å². The molecule has 438 valence electrons. The first-order valence-corrected chi connectivity index (χ1v) is 26.1. The first kappa shape index (κ1) is 65.5. The van der Waals surface area contributed by atoms with Crippen molar-refractivity contribution in [3.8, 4) is 0 Å². The van der Waals surface area contributed by atoms with Crippen LogP contribution in [0.15, 0.2) is 47.8 Å². The average Bonchev–Trinajstić information content (AvgIpc) is 4.12. The van der Waals surface area contributed by atoms with Crippen molar-refractivity contribution in [1.29, 1.82) is 0 Å². The van der Waals surface area contributed by atoms with Crippen molar-refractivity contribution in [2.45, 2.75) is 147 Å². The lowest BCUT2D eigenvalue weighted by Gasteiger charge is -2.31. The maximum absolute atomic E-state index is 14.2. The molecule has 0 aliphatic heterocycles. The highest BCUT2D eigenvalue weighted by atomic mass is 16.4. The number of rotatable bonds is 35. The maximum Gasteiger partial charge on any atom is 0.323 e. The van der Waals surface area contributed by atoms with Gasteiger partial charge in [-0.25, -0.2) is 4.98 Å². The van der Waals surface area contributed by atoms with E-state index in [0.29, 0.717) is 31.4 Å². The highest BCUT2D eigenvalue weighted by molar-refractivity contribution is 5.98. The van der Waals surface area contributed by atoms with E-state index >= 15 is 0 Å². The van der Waals surface area contributed by atoms with Crippen LogP contribution in [0.5, 0.6) is 0 Å². The van der Waals surface area contributed by atoms with Crippen LogP contribution in [-0.2, 0) is 60.8 Å². The molecule has 1 fully saturated rings. The predicted molar refractivity (Wildman–Crippen MR) is 286 cm³/mol. The number of carboxylic acids is 1. The van der Waals surface area contributed by atoms with Crippen molar-refractivity contribution in [3.63, 3.8) is 0 Å². The summed E-state index contributed by atoms with van der Waals surface area (Å²) in [5.41, 5.74) is 23.6. The van der Waals surface area contributed by atoms with E-state index in [0.717, 1.165) is 24.3 Å². The third kappa shape index (κ3) is 22.6. The van der Waals surface area contributed by atoms with Gasteiger partial charge in [-0.15, -0.1) is 0 Å². The number of hydrogen-bond donors (Lipinski definition) is 15. The van der Waals surface area contributed by atoms with Crippen LogP contribution < -0.4 is 60.2 Å².